The summed E-state index contributed by atoms with van der Waals surface area (Å²) in [7, 11) is 0. The number of halogens is 2. The summed E-state index contributed by atoms with van der Waals surface area (Å²) in [6.07, 6.45) is 0.991. The van der Waals surface area contributed by atoms with Crippen LogP contribution in [-0.4, -0.2) is 23.9 Å². The molecular formula is C14H17BrFNO. The third-order valence-electron chi connectivity index (χ3n) is 3.78. The zero-order valence-corrected chi connectivity index (χ0v) is 12.2. The van der Waals surface area contributed by atoms with E-state index in [0.717, 1.165) is 19.5 Å². The first-order valence-electron chi connectivity index (χ1n) is 6.23. The lowest BCUT2D eigenvalue weighted by atomic mass is 9.88. The van der Waals surface area contributed by atoms with Crippen molar-refractivity contribution >= 4 is 21.8 Å². The Kier molecular flexibility index (Phi) is 4.05. The second-order valence-corrected chi connectivity index (χ2v) is 6.03. The Balaban J connectivity index is 2.16. The van der Waals surface area contributed by atoms with E-state index in [1.165, 1.54) is 6.07 Å². The molecule has 1 amide bonds. The molecule has 0 saturated carbocycles. The van der Waals surface area contributed by atoms with E-state index in [2.05, 4.69) is 29.8 Å². The van der Waals surface area contributed by atoms with Crippen LogP contribution in [0.5, 0.6) is 0 Å². The Morgan fingerprint density at radius 3 is 2.72 bits per heavy atom. The van der Waals surface area contributed by atoms with Gasteiger partial charge in [0.25, 0.3) is 5.91 Å². The third kappa shape index (κ3) is 2.74. The van der Waals surface area contributed by atoms with Gasteiger partial charge in [-0.3, -0.25) is 4.79 Å². The van der Waals surface area contributed by atoms with Crippen molar-refractivity contribution in [1.29, 1.82) is 0 Å². The van der Waals surface area contributed by atoms with Crippen molar-refractivity contribution in [3.63, 3.8) is 0 Å². The van der Waals surface area contributed by atoms with Crippen molar-refractivity contribution in [3.8, 4) is 0 Å². The molecule has 1 heterocycles. The molecule has 1 aliphatic heterocycles. The third-order valence-corrected chi connectivity index (χ3v) is 4.28. The smallest absolute Gasteiger partial charge is 0.256 e. The molecule has 1 fully saturated rings. The summed E-state index contributed by atoms with van der Waals surface area (Å²) in [5.74, 6) is 0.449. The maximum Gasteiger partial charge on any atom is 0.256 e. The second-order valence-electron chi connectivity index (χ2n) is 5.12. The number of carbonyl (C=O) groups excluding carboxylic acids is 1. The molecule has 1 aliphatic rings. The Labute approximate surface area is 115 Å². The number of piperidine rings is 1. The van der Waals surface area contributed by atoms with Crippen molar-refractivity contribution < 1.29 is 9.18 Å². The molecule has 1 aromatic carbocycles. The maximum atomic E-state index is 13.8. The molecule has 0 aromatic heterocycles. The fraction of sp³-hybridized carbons (Fsp3) is 0.500. The molecule has 1 saturated heterocycles. The van der Waals surface area contributed by atoms with Crippen LogP contribution >= 0.6 is 15.9 Å². The molecule has 2 nitrogen and oxygen atoms in total. The molecule has 2 unspecified atom stereocenters. The molecule has 0 spiro atoms. The molecular weight excluding hydrogens is 297 g/mol. The van der Waals surface area contributed by atoms with Gasteiger partial charge in [-0.2, -0.15) is 0 Å². The normalized spacial score (nSPS) is 24.1. The van der Waals surface area contributed by atoms with Crippen molar-refractivity contribution in [3.05, 3.63) is 34.1 Å². The summed E-state index contributed by atoms with van der Waals surface area (Å²) in [5.41, 5.74) is 0.167. The Bertz CT molecular complexity index is 463. The first-order chi connectivity index (χ1) is 8.49. The standard InChI is InChI=1S/C14H17BrFNO/c1-9-5-6-17(8-10(9)2)14(18)12-4-3-11(15)7-13(12)16/h3-4,7,9-10H,5-6,8H2,1-2H3. The van der Waals surface area contributed by atoms with Gasteiger partial charge in [0.05, 0.1) is 5.56 Å². The van der Waals surface area contributed by atoms with Crippen LogP contribution in [0.25, 0.3) is 0 Å². The highest BCUT2D eigenvalue weighted by Crippen LogP contribution is 2.25. The van der Waals surface area contributed by atoms with Crippen LogP contribution in [0.1, 0.15) is 30.6 Å². The van der Waals surface area contributed by atoms with Gasteiger partial charge in [0.1, 0.15) is 5.82 Å². The summed E-state index contributed by atoms with van der Waals surface area (Å²) in [4.78, 5) is 14.0. The summed E-state index contributed by atoms with van der Waals surface area (Å²) in [6, 6.07) is 4.58. The molecule has 0 aliphatic carbocycles. The molecule has 98 valence electrons. The van der Waals surface area contributed by atoms with Gasteiger partial charge in [0.2, 0.25) is 0 Å². The highest BCUT2D eigenvalue weighted by molar-refractivity contribution is 9.10. The van der Waals surface area contributed by atoms with Crippen molar-refractivity contribution in [2.75, 3.05) is 13.1 Å². The van der Waals surface area contributed by atoms with E-state index in [1.54, 1.807) is 17.0 Å². The van der Waals surface area contributed by atoms with Gasteiger partial charge >= 0.3 is 0 Å². The Morgan fingerprint density at radius 2 is 2.11 bits per heavy atom. The highest BCUT2D eigenvalue weighted by atomic mass is 79.9. The largest absolute Gasteiger partial charge is 0.338 e. The zero-order chi connectivity index (χ0) is 13.3. The average molecular weight is 314 g/mol. The predicted octanol–water partition coefficient (Wildman–Crippen LogP) is 3.71. The molecule has 0 N–H and O–H groups in total. The molecule has 18 heavy (non-hydrogen) atoms. The van der Waals surface area contributed by atoms with Gasteiger partial charge in [-0.25, -0.2) is 4.39 Å². The van der Waals surface area contributed by atoms with Crippen LogP contribution in [0.3, 0.4) is 0 Å². The molecule has 1 aromatic rings. The monoisotopic (exact) mass is 313 g/mol. The van der Waals surface area contributed by atoms with Gasteiger partial charge < -0.3 is 4.90 Å². The van der Waals surface area contributed by atoms with Gasteiger partial charge in [0.15, 0.2) is 0 Å². The minimum absolute atomic E-state index is 0.167. The number of benzene rings is 1. The lowest BCUT2D eigenvalue weighted by molar-refractivity contribution is 0.0623. The summed E-state index contributed by atoms with van der Waals surface area (Å²) in [5, 5.41) is 0. The number of amides is 1. The SMILES string of the molecule is CC1CCN(C(=O)c2ccc(Br)cc2F)CC1C. The lowest BCUT2D eigenvalue weighted by Gasteiger charge is -2.35. The zero-order valence-electron chi connectivity index (χ0n) is 10.6. The minimum Gasteiger partial charge on any atom is -0.338 e. The van der Waals surface area contributed by atoms with E-state index in [-0.39, 0.29) is 11.5 Å². The van der Waals surface area contributed by atoms with Crippen molar-refractivity contribution in [1.82, 2.24) is 4.90 Å². The topological polar surface area (TPSA) is 20.3 Å². The number of hydrogen-bond acceptors (Lipinski definition) is 1. The first kappa shape index (κ1) is 13.5. The van der Waals surface area contributed by atoms with Crippen LogP contribution in [0.15, 0.2) is 22.7 Å². The van der Waals surface area contributed by atoms with E-state index >= 15 is 0 Å². The minimum atomic E-state index is -0.458. The van der Waals surface area contributed by atoms with Crippen molar-refractivity contribution in [2.24, 2.45) is 11.8 Å². The summed E-state index contributed by atoms with van der Waals surface area (Å²) < 4.78 is 14.4. The fourth-order valence-electron chi connectivity index (χ4n) is 2.28. The number of hydrogen-bond donors (Lipinski definition) is 0. The predicted molar refractivity (Wildman–Crippen MR) is 72.9 cm³/mol. The van der Waals surface area contributed by atoms with E-state index < -0.39 is 5.82 Å². The molecule has 4 heteroatoms. The Hall–Kier alpha value is -0.900. The summed E-state index contributed by atoms with van der Waals surface area (Å²) >= 11 is 3.19. The van der Waals surface area contributed by atoms with Crippen molar-refractivity contribution in [2.45, 2.75) is 20.3 Å². The van der Waals surface area contributed by atoms with E-state index in [9.17, 15) is 9.18 Å². The number of rotatable bonds is 1. The quantitative estimate of drug-likeness (QED) is 0.774. The first-order valence-corrected chi connectivity index (χ1v) is 7.02. The van der Waals surface area contributed by atoms with Crippen LogP contribution in [0, 0.1) is 17.7 Å². The van der Waals surface area contributed by atoms with Crippen LogP contribution in [0.4, 0.5) is 4.39 Å². The van der Waals surface area contributed by atoms with E-state index in [4.69, 9.17) is 0 Å². The van der Waals surface area contributed by atoms with Crippen LogP contribution in [0.2, 0.25) is 0 Å². The van der Waals surface area contributed by atoms with Crippen LogP contribution in [-0.2, 0) is 0 Å². The van der Waals surface area contributed by atoms with Gasteiger partial charge in [-0.15, -0.1) is 0 Å². The molecule has 2 rings (SSSR count). The fourth-order valence-corrected chi connectivity index (χ4v) is 2.61. The summed E-state index contributed by atoms with van der Waals surface area (Å²) in [6.45, 7) is 5.78. The average Bonchev–Trinajstić information content (AvgIpc) is 2.32. The lowest BCUT2D eigenvalue weighted by Crippen LogP contribution is -2.42. The second kappa shape index (κ2) is 5.39. The molecule has 2 atom stereocenters. The van der Waals surface area contributed by atoms with Gasteiger partial charge in [-0.05, 0) is 36.5 Å². The van der Waals surface area contributed by atoms with E-state index in [1.807, 2.05) is 0 Å². The van der Waals surface area contributed by atoms with Gasteiger partial charge in [0, 0.05) is 17.6 Å². The van der Waals surface area contributed by atoms with Gasteiger partial charge in [-0.1, -0.05) is 29.8 Å². The molecule has 0 bridgehead atoms. The maximum absolute atomic E-state index is 13.8. The number of likely N-dealkylation sites (tertiary alicyclic amines) is 1. The number of nitrogens with zero attached hydrogens (tertiary/aromatic N) is 1. The van der Waals surface area contributed by atoms with E-state index in [0.29, 0.717) is 16.3 Å². The van der Waals surface area contributed by atoms with Crippen LogP contribution < -0.4 is 0 Å². The number of carbonyl (C=O) groups is 1. The Morgan fingerprint density at radius 1 is 1.39 bits per heavy atom. The molecule has 0 radical (unpaired) electrons. The highest BCUT2D eigenvalue weighted by Gasteiger charge is 2.27.